The Balaban J connectivity index is 0.000000194. The van der Waals surface area contributed by atoms with Crippen LogP contribution in [0.3, 0.4) is 0 Å². The van der Waals surface area contributed by atoms with Gasteiger partial charge in [-0.25, -0.2) is 9.98 Å². The fourth-order valence-electron chi connectivity index (χ4n) is 6.49. The van der Waals surface area contributed by atoms with Crippen LogP contribution in [0.1, 0.15) is 32.0 Å². The summed E-state index contributed by atoms with van der Waals surface area (Å²) in [4.78, 5) is 60.8. The maximum atomic E-state index is 12.3. The molecule has 260 valence electrons. The summed E-state index contributed by atoms with van der Waals surface area (Å²) in [6.45, 7) is 3.97. The van der Waals surface area contributed by atoms with Crippen molar-refractivity contribution in [1.29, 1.82) is 0 Å². The van der Waals surface area contributed by atoms with Crippen LogP contribution in [0.15, 0.2) is 82.8 Å². The van der Waals surface area contributed by atoms with Gasteiger partial charge in [-0.05, 0) is 85.3 Å². The Bertz CT molecular complexity index is 1890. The van der Waals surface area contributed by atoms with E-state index in [1.165, 1.54) is 28.4 Å². The molecule has 0 N–H and O–H groups in total. The zero-order valence-corrected chi connectivity index (χ0v) is 30.4. The Kier molecular flexibility index (Phi) is 11.1. The predicted molar refractivity (Wildman–Crippen MR) is 189 cm³/mol. The van der Waals surface area contributed by atoms with E-state index >= 15 is 0 Å². The lowest BCUT2D eigenvalue weighted by atomic mass is 9.84. The van der Waals surface area contributed by atoms with Crippen molar-refractivity contribution in [1.82, 2.24) is 0 Å². The van der Waals surface area contributed by atoms with Crippen LogP contribution in [0.2, 0.25) is 0 Å². The van der Waals surface area contributed by atoms with Crippen molar-refractivity contribution in [3.8, 4) is 0 Å². The van der Waals surface area contributed by atoms with Gasteiger partial charge in [0.25, 0.3) is 0 Å². The number of carbonyl (C=O) groups excluding carboxylic acids is 4. The molecule has 2 heterocycles. The van der Waals surface area contributed by atoms with Gasteiger partial charge in [0.1, 0.15) is 9.34 Å². The molecule has 0 aliphatic heterocycles. The Morgan fingerprint density at radius 1 is 0.540 bits per heavy atom. The number of ether oxygens (including phenoxy) is 4. The predicted octanol–water partition coefficient (Wildman–Crippen LogP) is 5.44. The van der Waals surface area contributed by atoms with Crippen molar-refractivity contribution < 1.29 is 38.1 Å². The van der Waals surface area contributed by atoms with E-state index < -0.39 is 34.7 Å². The summed E-state index contributed by atoms with van der Waals surface area (Å²) in [6.07, 6.45) is 1.14. The molecule has 4 aromatic rings. The summed E-state index contributed by atoms with van der Waals surface area (Å²) in [6, 6.07) is 23.3. The molecule has 0 unspecified atom stereocenters. The lowest BCUT2D eigenvalue weighted by Gasteiger charge is -2.22. The first-order valence-corrected chi connectivity index (χ1v) is 17.4. The molecule has 0 fully saturated rings. The van der Waals surface area contributed by atoms with Gasteiger partial charge < -0.3 is 18.9 Å². The van der Waals surface area contributed by atoms with Crippen molar-refractivity contribution in [3.05, 3.63) is 114 Å². The molecule has 10 nitrogen and oxygen atoms in total. The molecule has 2 aliphatic carbocycles. The molecular weight excluding hydrogens is 677 g/mol. The van der Waals surface area contributed by atoms with Crippen LogP contribution >= 0.6 is 22.7 Å². The third-order valence-corrected chi connectivity index (χ3v) is 10.9. The molecule has 2 aromatic carbocycles. The standard InChI is InChI=1S/2C19H19NO4S/c2*1-12-15-11-19(17(21)23-2,18(22)24-3)10-13(15)9-16(25-12)20-14-7-5-4-6-8-14/h2*4-9H,10-11H2,1-3H3. The lowest BCUT2D eigenvalue weighted by Crippen LogP contribution is -2.42. The second-order valence-corrected chi connectivity index (χ2v) is 14.5. The molecule has 0 bridgehead atoms. The number of carbonyl (C=O) groups is 4. The maximum Gasteiger partial charge on any atom is 0.323 e. The average Bonchev–Trinajstić information content (AvgIpc) is 3.73. The van der Waals surface area contributed by atoms with Crippen LogP contribution < -0.4 is 9.34 Å². The number of para-hydroxylation sites is 2. The third kappa shape index (κ3) is 7.17. The fourth-order valence-corrected chi connectivity index (χ4v) is 8.47. The van der Waals surface area contributed by atoms with Gasteiger partial charge in [-0.3, -0.25) is 19.2 Å². The number of aryl methyl sites for hydroxylation is 2. The van der Waals surface area contributed by atoms with Crippen LogP contribution in [0.25, 0.3) is 0 Å². The molecule has 0 spiro atoms. The van der Waals surface area contributed by atoms with Gasteiger partial charge >= 0.3 is 23.9 Å². The minimum absolute atomic E-state index is 0.271. The molecule has 0 saturated heterocycles. The van der Waals surface area contributed by atoms with Gasteiger partial charge in [0.2, 0.25) is 0 Å². The Hall–Kier alpha value is -4.94. The van der Waals surface area contributed by atoms with E-state index in [2.05, 4.69) is 9.98 Å². The molecule has 50 heavy (non-hydrogen) atoms. The monoisotopic (exact) mass is 714 g/mol. The average molecular weight is 715 g/mol. The van der Waals surface area contributed by atoms with Crippen molar-refractivity contribution in [2.75, 3.05) is 28.4 Å². The summed E-state index contributed by atoms with van der Waals surface area (Å²) in [5.41, 5.74) is 3.04. The zero-order chi connectivity index (χ0) is 36.1. The van der Waals surface area contributed by atoms with Crippen LogP contribution in [-0.2, 0) is 63.8 Å². The van der Waals surface area contributed by atoms with Gasteiger partial charge in [-0.2, -0.15) is 0 Å². The summed E-state index contributed by atoms with van der Waals surface area (Å²) >= 11 is 3.09. The second-order valence-electron chi connectivity index (χ2n) is 12.0. The summed E-state index contributed by atoms with van der Waals surface area (Å²) in [5, 5.41) is 0. The molecule has 6 rings (SSSR count). The zero-order valence-electron chi connectivity index (χ0n) is 28.7. The van der Waals surface area contributed by atoms with E-state index in [1.54, 1.807) is 22.7 Å². The van der Waals surface area contributed by atoms with E-state index in [1.807, 2.05) is 86.6 Å². The van der Waals surface area contributed by atoms with Gasteiger partial charge in [0, 0.05) is 22.6 Å². The molecule has 0 radical (unpaired) electrons. The third-order valence-electron chi connectivity index (χ3n) is 8.97. The van der Waals surface area contributed by atoms with Gasteiger partial charge in [-0.15, -0.1) is 22.7 Å². The Morgan fingerprint density at radius 3 is 1.16 bits per heavy atom. The number of benzene rings is 2. The highest BCUT2D eigenvalue weighted by atomic mass is 32.1. The number of hydrogen-bond acceptors (Lipinski definition) is 12. The Labute approximate surface area is 298 Å². The van der Waals surface area contributed by atoms with Crippen LogP contribution in [0.5, 0.6) is 0 Å². The highest BCUT2D eigenvalue weighted by molar-refractivity contribution is 7.09. The maximum absolute atomic E-state index is 12.3. The Morgan fingerprint density at radius 2 is 0.860 bits per heavy atom. The minimum atomic E-state index is -1.30. The van der Waals surface area contributed by atoms with Gasteiger partial charge in [0.05, 0.1) is 39.8 Å². The first kappa shape index (κ1) is 36.3. The highest BCUT2D eigenvalue weighted by Gasteiger charge is 2.54. The SMILES string of the molecule is COC(=O)C1(C(=O)OC)Cc2cc(=Nc3ccccc3)sc(C)c2C1.COC(=O)C1(C(=O)OC)Cc2cc(=Nc3ccccc3)sc(C)c2C1. The van der Waals surface area contributed by atoms with Gasteiger partial charge in [0.15, 0.2) is 10.8 Å². The van der Waals surface area contributed by atoms with Crippen LogP contribution in [0.4, 0.5) is 11.4 Å². The van der Waals surface area contributed by atoms with E-state index in [0.29, 0.717) is 12.8 Å². The first-order valence-electron chi connectivity index (χ1n) is 15.8. The summed E-state index contributed by atoms with van der Waals surface area (Å²) < 4.78 is 21.3. The van der Waals surface area contributed by atoms with Crippen LogP contribution in [-0.4, -0.2) is 52.3 Å². The number of esters is 4. The van der Waals surface area contributed by atoms with E-state index in [-0.39, 0.29) is 12.8 Å². The van der Waals surface area contributed by atoms with Crippen molar-refractivity contribution in [2.45, 2.75) is 39.5 Å². The van der Waals surface area contributed by atoms with E-state index in [0.717, 1.165) is 52.7 Å². The largest absolute Gasteiger partial charge is 0.468 e. The van der Waals surface area contributed by atoms with Crippen molar-refractivity contribution >= 4 is 57.9 Å². The van der Waals surface area contributed by atoms with Crippen molar-refractivity contribution in [2.24, 2.45) is 20.8 Å². The smallest absolute Gasteiger partial charge is 0.323 e. The molecular formula is C38H38N2O8S2. The molecule has 0 saturated carbocycles. The van der Waals surface area contributed by atoms with E-state index in [9.17, 15) is 19.2 Å². The first-order chi connectivity index (χ1) is 24.0. The molecule has 2 aromatic heterocycles. The normalized spacial score (nSPS) is 15.6. The molecule has 0 atom stereocenters. The highest BCUT2D eigenvalue weighted by Crippen LogP contribution is 2.42. The number of rotatable bonds is 6. The quantitative estimate of drug-likeness (QED) is 0.147. The fraction of sp³-hybridized carbons (Fsp3) is 0.316. The summed E-state index contributed by atoms with van der Waals surface area (Å²) in [7, 11) is 5.17. The van der Waals surface area contributed by atoms with Crippen LogP contribution in [0, 0.1) is 24.7 Å². The molecule has 12 heteroatoms. The minimum Gasteiger partial charge on any atom is -0.468 e. The number of methoxy groups -OCH3 is 4. The lowest BCUT2D eigenvalue weighted by molar-refractivity contribution is -0.170. The molecule has 2 aliphatic rings. The topological polar surface area (TPSA) is 130 Å². The summed E-state index contributed by atoms with van der Waals surface area (Å²) in [5.74, 6) is -2.22. The second kappa shape index (κ2) is 15.3. The number of hydrogen-bond donors (Lipinski definition) is 0. The van der Waals surface area contributed by atoms with Gasteiger partial charge in [-0.1, -0.05) is 36.4 Å². The number of nitrogens with zero attached hydrogens (tertiary/aromatic N) is 2. The van der Waals surface area contributed by atoms with E-state index in [4.69, 9.17) is 18.9 Å². The van der Waals surface area contributed by atoms with Crippen molar-refractivity contribution in [3.63, 3.8) is 0 Å². The molecule has 0 amide bonds. The number of fused-ring (bicyclic) bond motifs is 2.